The molecule has 0 aliphatic heterocycles. The number of aromatic nitrogens is 1. The smallest absolute Gasteiger partial charge is 0.321 e. The number of carbonyl (C=O) groups excluding carboxylic acids is 4. The van der Waals surface area contributed by atoms with E-state index in [0.29, 0.717) is 35.3 Å². The van der Waals surface area contributed by atoms with Crippen molar-refractivity contribution in [1.82, 2.24) is 25.8 Å². The zero-order valence-corrected chi connectivity index (χ0v) is 23.8. The van der Waals surface area contributed by atoms with Crippen molar-refractivity contribution in [2.24, 2.45) is 0 Å². The number of Topliss-reactive ketones (excluding diaryl/α,β-unsaturated/α-hetero) is 1. The van der Waals surface area contributed by atoms with Crippen molar-refractivity contribution in [3.63, 3.8) is 0 Å². The molecule has 3 rings (SSSR count). The molecule has 1 unspecified atom stereocenters. The molecule has 3 N–H and O–H groups in total. The number of carbonyl (C=O) groups is 4. The van der Waals surface area contributed by atoms with Crippen LogP contribution in [0.5, 0.6) is 5.75 Å². The van der Waals surface area contributed by atoms with Crippen molar-refractivity contribution in [2.45, 2.75) is 36.8 Å². The Morgan fingerprint density at radius 1 is 1.02 bits per heavy atom. The van der Waals surface area contributed by atoms with Gasteiger partial charge in [-0.05, 0) is 31.0 Å². The third-order valence-electron chi connectivity index (χ3n) is 5.95. The molecule has 0 bridgehead atoms. The summed E-state index contributed by atoms with van der Waals surface area (Å²) in [6.45, 7) is 0.160. The Morgan fingerprint density at radius 3 is 2.44 bits per heavy atom. The molecule has 2 aromatic carbocycles. The van der Waals surface area contributed by atoms with E-state index in [1.165, 1.54) is 21.2 Å². The number of imide groups is 1. The molecule has 1 aromatic heterocycles. The average Bonchev–Trinajstić information content (AvgIpc) is 3.37. The van der Waals surface area contributed by atoms with Crippen molar-refractivity contribution < 1.29 is 36.7 Å². The summed E-state index contributed by atoms with van der Waals surface area (Å²) in [4.78, 5) is 54.6. The van der Waals surface area contributed by atoms with Crippen LogP contribution in [0.25, 0.3) is 11.1 Å². The zero-order chi connectivity index (χ0) is 30.0. The minimum atomic E-state index is -4.11. The lowest BCUT2D eigenvalue weighted by molar-refractivity contribution is -0.120. The van der Waals surface area contributed by atoms with Crippen LogP contribution in [0.1, 0.15) is 41.9 Å². The first-order valence-electron chi connectivity index (χ1n) is 12.8. The van der Waals surface area contributed by atoms with Gasteiger partial charge in [-0.25, -0.2) is 23.0 Å². The molecule has 220 valence electrons. The number of nitrogens with zero attached hydrogens (tertiary/aromatic N) is 2. The van der Waals surface area contributed by atoms with E-state index in [4.69, 9.17) is 9.15 Å². The van der Waals surface area contributed by atoms with E-state index in [-0.39, 0.29) is 24.6 Å². The minimum Gasteiger partial charge on any atom is -0.496 e. The van der Waals surface area contributed by atoms with E-state index in [9.17, 15) is 27.6 Å². The van der Waals surface area contributed by atoms with Crippen LogP contribution in [0.4, 0.5) is 9.59 Å². The standard InChI is InChI=1S/C27H33N5O8S/c1-32(2)27(36)31-24(41(37,38)17-18-10-4-6-13-21(18)39-3)16-23(34)30-26(35)28-15-9-8-12-20(33)25-29-19-11-5-7-14-22(19)40-25/h4-7,10-11,13-14,24H,8-9,12,15-17H2,1-3H3,(H,31,36)(H2,28,30,34,35). The van der Waals surface area contributed by atoms with Crippen LogP contribution in [0.2, 0.25) is 0 Å². The van der Waals surface area contributed by atoms with Gasteiger partial charge in [0.15, 0.2) is 15.4 Å². The molecule has 0 fully saturated rings. The monoisotopic (exact) mass is 587 g/mol. The van der Waals surface area contributed by atoms with Crippen LogP contribution >= 0.6 is 0 Å². The molecule has 0 aliphatic rings. The number of hydrogen-bond acceptors (Lipinski definition) is 9. The summed E-state index contributed by atoms with van der Waals surface area (Å²) in [6, 6.07) is 12.0. The van der Waals surface area contributed by atoms with Gasteiger partial charge in [-0.2, -0.15) is 0 Å². The number of methoxy groups -OCH3 is 1. The largest absolute Gasteiger partial charge is 0.496 e. The second-order valence-electron chi connectivity index (χ2n) is 9.33. The van der Waals surface area contributed by atoms with Gasteiger partial charge in [0.25, 0.3) is 5.89 Å². The molecule has 14 heteroatoms. The maximum Gasteiger partial charge on any atom is 0.321 e. The third-order valence-corrected chi connectivity index (χ3v) is 7.81. The molecule has 0 saturated carbocycles. The predicted octanol–water partition coefficient (Wildman–Crippen LogP) is 2.62. The molecule has 1 heterocycles. The first-order chi connectivity index (χ1) is 19.5. The molecular formula is C27H33N5O8S. The normalized spacial score (nSPS) is 11.9. The van der Waals surface area contributed by atoms with Crippen LogP contribution in [-0.2, 0) is 20.4 Å². The van der Waals surface area contributed by atoms with Gasteiger partial charge in [-0.1, -0.05) is 30.3 Å². The Hall–Kier alpha value is -4.46. The van der Waals surface area contributed by atoms with Crippen LogP contribution in [-0.4, -0.2) is 75.2 Å². The first-order valence-corrected chi connectivity index (χ1v) is 14.5. The highest BCUT2D eigenvalue weighted by Gasteiger charge is 2.31. The van der Waals surface area contributed by atoms with Crippen LogP contribution in [0.15, 0.2) is 52.9 Å². The molecule has 0 saturated heterocycles. The summed E-state index contributed by atoms with van der Waals surface area (Å²) >= 11 is 0. The van der Waals surface area contributed by atoms with Crippen LogP contribution < -0.4 is 20.7 Å². The Morgan fingerprint density at radius 2 is 1.73 bits per heavy atom. The maximum absolute atomic E-state index is 13.2. The number of ether oxygens (including phenoxy) is 1. The summed E-state index contributed by atoms with van der Waals surface area (Å²) < 4.78 is 37.0. The third kappa shape index (κ3) is 9.03. The Bertz CT molecular complexity index is 1470. The highest BCUT2D eigenvalue weighted by atomic mass is 32.2. The number of fused-ring (bicyclic) bond motifs is 1. The van der Waals surface area contributed by atoms with Gasteiger partial charge in [0.05, 0.1) is 19.3 Å². The molecular weight excluding hydrogens is 554 g/mol. The number of sulfone groups is 1. The molecule has 1 atom stereocenters. The molecule has 0 radical (unpaired) electrons. The number of hydrogen-bond donors (Lipinski definition) is 3. The second-order valence-corrected chi connectivity index (χ2v) is 11.5. The highest BCUT2D eigenvalue weighted by Crippen LogP contribution is 2.22. The lowest BCUT2D eigenvalue weighted by Crippen LogP contribution is -2.49. The molecule has 13 nitrogen and oxygen atoms in total. The SMILES string of the molecule is COc1ccccc1CS(=O)(=O)C(CC(=O)NC(=O)NCCCCC(=O)c1nc2ccccc2o1)NC(=O)N(C)C. The van der Waals surface area contributed by atoms with E-state index >= 15 is 0 Å². The van der Waals surface area contributed by atoms with Gasteiger partial charge in [0.1, 0.15) is 16.6 Å². The molecule has 0 aliphatic carbocycles. The maximum atomic E-state index is 13.2. The molecule has 3 aromatic rings. The average molecular weight is 588 g/mol. The summed E-state index contributed by atoms with van der Waals surface area (Å²) in [5, 5.41) is 5.30. The van der Waals surface area contributed by atoms with Gasteiger partial charge in [0, 0.05) is 32.6 Å². The number of para-hydroxylation sites is 3. The van der Waals surface area contributed by atoms with Crippen molar-refractivity contribution in [3.05, 3.63) is 60.0 Å². The van der Waals surface area contributed by atoms with E-state index in [0.717, 1.165) is 4.90 Å². The summed E-state index contributed by atoms with van der Waals surface area (Å²) in [5.74, 6) is -1.30. The van der Waals surface area contributed by atoms with Crippen molar-refractivity contribution in [1.29, 1.82) is 0 Å². The van der Waals surface area contributed by atoms with Crippen molar-refractivity contribution >= 4 is 44.7 Å². The minimum absolute atomic E-state index is 0.0269. The zero-order valence-electron chi connectivity index (χ0n) is 23.0. The number of benzene rings is 2. The van der Waals surface area contributed by atoms with Gasteiger partial charge in [0.2, 0.25) is 11.7 Å². The summed E-state index contributed by atoms with van der Waals surface area (Å²) in [7, 11) is 0.142. The lowest BCUT2D eigenvalue weighted by atomic mass is 10.2. The van der Waals surface area contributed by atoms with Crippen molar-refractivity contribution in [2.75, 3.05) is 27.7 Å². The molecule has 0 spiro atoms. The number of nitrogens with one attached hydrogen (secondary N) is 3. The number of oxazole rings is 1. The van der Waals surface area contributed by atoms with E-state index in [2.05, 4.69) is 20.9 Å². The summed E-state index contributed by atoms with van der Waals surface area (Å²) in [5.41, 5.74) is 1.47. The number of rotatable bonds is 13. The van der Waals surface area contributed by atoms with Crippen molar-refractivity contribution in [3.8, 4) is 5.75 Å². The topological polar surface area (TPSA) is 177 Å². The number of ketones is 1. The highest BCUT2D eigenvalue weighted by molar-refractivity contribution is 7.91. The number of amides is 5. The molecule has 5 amide bonds. The van der Waals surface area contributed by atoms with E-state index in [1.807, 2.05) is 0 Å². The predicted molar refractivity (Wildman–Crippen MR) is 150 cm³/mol. The Balaban J connectivity index is 1.49. The fourth-order valence-electron chi connectivity index (χ4n) is 3.78. The van der Waals surface area contributed by atoms with E-state index < -0.39 is 45.4 Å². The Labute approximate surface area is 237 Å². The van der Waals surface area contributed by atoms with Crippen LogP contribution in [0, 0.1) is 0 Å². The van der Waals surface area contributed by atoms with Crippen LogP contribution in [0.3, 0.4) is 0 Å². The lowest BCUT2D eigenvalue weighted by Gasteiger charge is -2.22. The Kier molecular flexibility index (Phi) is 10.8. The van der Waals surface area contributed by atoms with Gasteiger partial charge in [-0.15, -0.1) is 0 Å². The van der Waals surface area contributed by atoms with Gasteiger partial charge in [-0.3, -0.25) is 14.9 Å². The molecule has 41 heavy (non-hydrogen) atoms. The van der Waals surface area contributed by atoms with E-state index in [1.54, 1.807) is 48.5 Å². The van der Waals surface area contributed by atoms with Gasteiger partial charge < -0.3 is 24.7 Å². The number of urea groups is 2. The number of unbranched alkanes of at least 4 members (excludes halogenated alkanes) is 1. The summed E-state index contributed by atoms with van der Waals surface area (Å²) in [6.07, 6.45) is 0.337. The fraction of sp³-hybridized carbons (Fsp3) is 0.370. The van der Waals surface area contributed by atoms with Gasteiger partial charge >= 0.3 is 12.1 Å². The quantitative estimate of drug-likeness (QED) is 0.200. The first kappa shape index (κ1) is 31.1. The fourth-order valence-corrected chi connectivity index (χ4v) is 5.33. The second kappa shape index (κ2) is 14.3.